The lowest BCUT2D eigenvalue weighted by Gasteiger charge is -2.31. The van der Waals surface area contributed by atoms with Gasteiger partial charge in [-0.15, -0.1) is 12.4 Å². The van der Waals surface area contributed by atoms with Gasteiger partial charge in [-0.3, -0.25) is 4.79 Å². The first-order chi connectivity index (χ1) is 10.4. The molecule has 0 bridgehead atoms. The standard InChI is InChI=1S/C16H27F3N2O.ClH/c1-11(12-3-2-8-20-10-12)9-15(22)21-14-6-4-13(5-7-14)16(17,18)19;/h11-14,20H,2-10H2,1H3,(H,21,22);1H. The van der Waals surface area contributed by atoms with Crippen LogP contribution in [0.2, 0.25) is 0 Å². The molecule has 0 spiro atoms. The van der Waals surface area contributed by atoms with Crippen LogP contribution in [0, 0.1) is 17.8 Å². The smallest absolute Gasteiger partial charge is 0.353 e. The van der Waals surface area contributed by atoms with E-state index in [1.807, 2.05) is 0 Å². The largest absolute Gasteiger partial charge is 0.391 e. The number of piperidine rings is 1. The lowest BCUT2D eigenvalue weighted by molar-refractivity contribution is -0.182. The number of alkyl halides is 3. The van der Waals surface area contributed by atoms with Crippen molar-refractivity contribution in [2.24, 2.45) is 17.8 Å². The molecule has 136 valence electrons. The van der Waals surface area contributed by atoms with Crippen molar-refractivity contribution in [1.29, 1.82) is 0 Å². The molecule has 1 saturated heterocycles. The van der Waals surface area contributed by atoms with Crippen molar-refractivity contribution in [3.05, 3.63) is 0 Å². The van der Waals surface area contributed by atoms with E-state index < -0.39 is 12.1 Å². The zero-order valence-electron chi connectivity index (χ0n) is 13.6. The summed E-state index contributed by atoms with van der Waals surface area (Å²) in [5.41, 5.74) is 0. The normalized spacial score (nSPS) is 30.2. The predicted molar refractivity (Wildman–Crippen MR) is 86.6 cm³/mol. The third-order valence-electron chi connectivity index (χ3n) is 5.20. The van der Waals surface area contributed by atoms with Gasteiger partial charge in [0, 0.05) is 12.5 Å². The van der Waals surface area contributed by atoms with Crippen LogP contribution in [0.5, 0.6) is 0 Å². The number of carbonyl (C=O) groups excluding carboxylic acids is 1. The summed E-state index contributed by atoms with van der Waals surface area (Å²) < 4.78 is 37.8. The number of rotatable bonds is 4. The second-order valence-corrected chi connectivity index (χ2v) is 6.95. The van der Waals surface area contributed by atoms with Crippen LogP contribution in [0.15, 0.2) is 0 Å². The Bertz CT molecular complexity index is 365. The number of nitrogens with one attached hydrogen (secondary N) is 2. The van der Waals surface area contributed by atoms with Crippen LogP contribution in [-0.4, -0.2) is 31.2 Å². The molecular weight excluding hydrogens is 329 g/mol. The van der Waals surface area contributed by atoms with Crippen molar-refractivity contribution in [3.8, 4) is 0 Å². The maximum Gasteiger partial charge on any atom is 0.391 e. The molecule has 2 rings (SSSR count). The second kappa shape index (κ2) is 9.11. The SMILES string of the molecule is CC(CC(=O)NC1CCC(C(F)(F)F)CC1)C1CCCNC1.Cl. The molecule has 2 N–H and O–H groups in total. The van der Waals surface area contributed by atoms with Crippen molar-refractivity contribution >= 4 is 18.3 Å². The fraction of sp³-hybridized carbons (Fsp3) is 0.938. The summed E-state index contributed by atoms with van der Waals surface area (Å²) in [4.78, 5) is 12.1. The van der Waals surface area contributed by atoms with Gasteiger partial charge in [-0.2, -0.15) is 13.2 Å². The Morgan fingerprint density at radius 1 is 1.22 bits per heavy atom. The van der Waals surface area contributed by atoms with E-state index in [0.29, 0.717) is 31.1 Å². The lowest BCUT2D eigenvalue weighted by Crippen LogP contribution is -2.41. The van der Waals surface area contributed by atoms with E-state index in [1.54, 1.807) is 0 Å². The van der Waals surface area contributed by atoms with Crippen LogP contribution in [0.4, 0.5) is 13.2 Å². The molecule has 23 heavy (non-hydrogen) atoms. The first kappa shape index (κ1) is 20.6. The van der Waals surface area contributed by atoms with Gasteiger partial charge in [0.25, 0.3) is 0 Å². The first-order valence-electron chi connectivity index (χ1n) is 8.43. The summed E-state index contributed by atoms with van der Waals surface area (Å²) in [5.74, 6) is -0.346. The minimum atomic E-state index is -4.09. The van der Waals surface area contributed by atoms with E-state index in [1.165, 1.54) is 0 Å². The maximum absolute atomic E-state index is 12.6. The third kappa shape index (κ3) is 6.49. The molecule has 0 aromatic heterocycles. The second-order valence-electron chi connectivity index (χ2n) is 6.95. The Balaban J connectivity index is 0.00000264. The number of hydrogen-bond donors (Lipinski definition) is 2. The minimum Gasteiger partial charge on any atom is -0.353 e. The van der Waals surface area contributed by atoms with E-state index in [2.05, 4.69) is 17.6 Å². The van der Waals surface area contributed by atoms with Crippen LogP contribution in [0.3, 0.4) is 0 Å². The van der Waals surface area contributed by atoms with Crippen molar-refractivity contribution in [1.82, 2.24) is 10.6 Å². The van der Waals surface area contributed by atoms with Gasteiger partial charge in [-0.05, 0) is 63.5 Å². The minimum absolute atomic E-state index is 0. The fourth-order valence-electron chi connectivity index (χ4n) is 3.68. The Kier molecular flexibility index (Phi) is 8.14. The average molecular weight is 357 g/mol. The molecule has 2 fully saturated rings. The average Bonchev–Trinajstić information content (AvgIpc) is 2.47. The number of carbonyl (C=O) groups is 1. The Hall–Kier alpha value is -0.490. The van der Waals surface area contributed by atoms with Crippen molar-refractivity contribution in [2.75, 3.05) is 13.1 Å². The highest BCUT2D eigenvalue weighted by Crippen LogP contribution is 2.37. The molecule has 1 saturated carbocycles. The molecule has 1 aliphatic carbocycles. The van der Waals surface area contributed by atoms with Gasteiger partial charge < -0.3 is 10.6 Å². The number of halogens is 4. The summed E-state index contributed by atoms with van der Waals surface area (Å²) in [5, 5.41) is 6.29. The topological polar surface area (TPSA) is 41.1 Å². The predicted octanol–water partition coefficient (Wildman–Crippen LogP) is 3.67. The zero-order valence-corrected chi connectivity index (χ0v) is 14.4. The summed E-state index contributed by atoms with van der Waals surface area (Å²) in [6.45, 7) is 4.11. The molecule has 1 amide bonds. The van der Waals surface area contributed by atoms with Crippen LogP contribution in [0.25, 0.3) is 0 Å². The maximum atomic E-state index is 12.6. The van der Waals surface area contributed by atoms with E-state index in [9.17, 15) is 18.0 Å². The molecule has 2 atom stereocenters. The third-order valence-corrected chi connectivity index (χ3v) is 5.20. The van der Waals surface area contributed by atoms with Crippen LogP contribution in [-0.2, 0) is 4.79 Å². The van der Waals surface area contributed by atoms with Crippen LogP contribution >= 0.6 is 12.4 Å². The highest BCUT2D eigenvalue weighted by molar-refractivity contribution is 5.85. The molecule has 3 nitrogen and oxygen atoms in total. The summed E-state index contributed by atoms with van der Waals surface area (Å²) in [7, 11) is 0. The number of hydrogen-bond acceptors (Lipinski definition) is 2. The summed E-state index contributed by atoms with van der Waals surface area (Å²) >= 11 is 0. The molecule has 0 aromatic carbocycles. The molecule has 1 heterocycles. The van der Waals surface area contributed by atoms with E-state index >= 15 is 0 Å². The lowest BCUT2D eigenvalue weighted by atomic mass is 9.84. The highest BCUT2D eigenvalue weighted by Gasteiger charge is 2.41. The molecular formula is C16H28ClF3N2O. The van der Waals surface area contributed by atoms with Crippen LogP contribution in [0.1, 0.15) is 51.9 Å². The zero-order chi connectivity index (χ0) is 16.2. The molecule has 2 aliphatic rings. The molecule has 2 unspecified atom stereocenters. The van der Waals surface area contributed by atoms with E-state index in [0.717, 1.165) is 25.9 Å². The molecule has 7 heteroatoms. The van der Waals surface area contributed by atoms with Gasteiger partial charge in [0.1, 0.15) is 0 Å². The first-order valence-corrected chi connectivity index (χ1v) is 8.43. The molecule has 0 aromatic rings. The molecule has 1 aliphatic heterocycles. The van der Waals surface area contributed by atoms with Gasteiger partial charge in [-0.25, -0.2) is 0 Å². The Labute approximate surface area is 142 Å². The Morgan fingerprint density at radius 2 is 1.87 bits per heavy atom. The molecule has 0 radical (unpaired) electrons. The highest BCUT2D eigenvalue weighted by atomic mass is 35.5. The van der Waals surface area contributed by atoms with Gasteiger partial charge in [-0.1, -0.05) is 6.92 Å². The van der Waals surface area contributed by atoms with Gasteiger partial charge in [0.2, 0.25) is 5.91 Å². The van der Waals surface area contributed by atoms with Gasteiger partial charge in [0.15, 0.2) is 0 Å². The summed E-state index contributed by atoms with van der Waals surface area (Å²) in [6.07, 6.45) is -0.156. The monoisotopic (exact) mass is 356 g/mol. The van der Waals surface area contributed by atoms with E-state index in [-0.39, 0.29) is 37.2 Å². The quantitative estimate of drug-likeness (QED) is 0.807. The van der Waals surface area contributed by atoms with Crippen molar-refractivity contribution in [3.63, 3.8) is 0 Å². The van der Waals surface area contributed by atoms with Crippen LogP contribution < -0.4 is 10.6 Å². The number of amides is 1. The van der Waals surface area contributed by atoms with Crippen molar-refractivity contribution < 1.29 is 18.0 Å². The Morgan fingerprint density at radius 3 is 2.39 bits per heavy atom. The fourth-order valence-corrected chi connectivity index (χ4v) is 3.68. The summed E-state index contributed by atoms with van der Waals surface area (Å²) in [6, 6.07) is -0.0808. The van der Waals surface area contributed by atoms with Gasteiger partial charge >= 0.3 is 6.18 Å². The van der Waals surface area contributed by atoms with Crippen molar-refractivity contribution in [2.45, 2.75) is 64.1 Å². The van der Waals surface area contributed by atoms with E-state index in [4.69, 9.17) is 0 Å². The van der Waals surface area contributed by atoms with Gasteiger partial charge in [0.05, 0.1) is 5.92 Å².